The molecule has 0 saturated carbocycles. The minimum atomic E-state index is -0.762. The smallest absolute Gasteiger partial charge is 0.293 e. The first-order valence-corrected chi connectivity index (χ1v) is 5.48. The van der Waals surface area contributed by atoms with Crippen LogP contribution in [-0.4, -0.2) is 22.7 Å². The molecule has 0 saturated heterocycles. The van der Waals surface area contributed by atoms with Gasteiger partial charge in [-0.05, 0) is 12.1 Å². The van der Waals surface area contributed by atoms with Crippen LogP contribution in [0.3, 0.4) is 0 Å². The summed E-state index contributed by atoms with van der Waals surface area (Å²) >= 11 is 0. The van der Waals surface area contributed by atoms with E-state index in [-0.39, 0.29) is 24.9 Å². The number of rotatable bonds is 6. The van der Waals surface area contributed by atoms with E-state index in [1.807, 2.05) is 0 Å². The first-order valence-electron chi connectivity index (χ1n) is 5.48. The van der Waals surface area contributed by atoms with Gasteiger partial charge in [-0.3, -0.25) is 4.79 Å². The number of nitrogens with zero attached hydrogens (tertiary/aromatic N) is 2. The molecule has 0 spiro atoms. The molecule has 1 aromatic heterocycles. The van der Waals surface area contributed by atoms with Gasteiger partial charge in [0.1, 0.15) is 17.7 Å². The van der Waals surface area contributed by atoms with Crippen molar-refractivity contribution in [3.8, 4) is 0 Å². The molecule has 0 fully saturated rings. The van der Waals surface area contributed by atoms with E-state index >= 15 is 0 Å². The molecule has 1 unspecified atom stereocenters. The maximum Gasteiger partial charge on any atom is 0.293 e. The molecule has 2 rings (SSSR count). The van der Waals surface area contributed by atoms with Gasteiger partial charge in [-0.1, -0.05) is 11.2 Å². The van der Waals surface area contributed by atoms with Crippen molar-refractivity contribution >= 4 is 6.47 Å². The van der Waals surface area contributed by atoms with E-state index in [1.54, 1.807) is 0 Å². The molecular weight excluding hydrogens is 258 g/mol. The summed E-state index contributed by atoms with van der Waals surface area (Å²) in [7, 11) is 0. The summed E-state index contributed by atoms with van der Waals surface area (Å²) in [5.41, 5.74) is -0.141. The Balaban J connectivity index is 2.14. The average molecular weight is 268 g/mol. The van der Waals surface area contributed by atoms with Crippen LogP contribution in [0.25, 0.3) is 0 Å². The minimum Gasteiger partial charge on any atom is -0.464 e. The summed E-state index contributed by atoms with van der Waals surface area (Å²) in [6, 6.07) is 3.55. The standard InChI is InChI=1S/C12H10F2N2O3/c13-10-2-1-3-11(14)9(10)4-8(18-7-17)5-12-15-6-19-16-12/h1-3,6-8H,4-5H2. The van der Waals surface area contributed by atoms with Gasteiger partial charge in [0, 0.05) is 18.4 Å². The van der Waals surface area contributed by atoms with Crippen molar-refractivity contribution in [1.82, 2.24) is 10.1 Å². The van der Waals surface area contributed by atoms with Crippen LogP contribution in [0.5, 0.6) is 0 Å². The SMILES string of the molecule is O=COC(Cc1ncon1)Cc1c(F)cccc1F. The van der Waals surface area contributed by atoms with Crippen LogP contribution in [0.2, 0.25) is 0 Å². The van der Waals surface area contributed by atoms with Gasteiger partial charge in [0.05, 0.1) is 0 Å². The van der Waals surface area contributed by atoms with Crippen LogP contribution in [-0.2, 0) is 22.4 Å². The second-order valence-electron chi connectivity index (χ2n) is 3.81. The van der Waals surface area contributed by atoms with Gasteiger partial charge in [0.25, 0.3) is 6.47 Å². The van der Waals surface area contributed by atoms with Gasteiger partial charge in [-0.15, -0.1) is 0 Å². The van der Waals surface area contributed by atoms with Crippen molar-refractivity contribution in [3.63, 3.8) is 0 Å². The molecule has 0 aliphatic heterocycles. The second-order valence-corrected chi connectivity index (χ2v) is 3.81. The lowest BCUT2D eigenvalue weighted by Gasteiger charge is -2.14. The number of hydrogen-bond acceptors (Lipinski definition) is 5. The Morgan fingerprint density at radius 2 is 2.05 bits per heavy atom. The maximum absolute atomic E-state index is 13.5. The summed E-state index contributed by atoms with van der Waals surface area (Å²) in [5.74, 6) is -1.08. The highest BCUT2D eigenvalue weighted by Gasteiger charge is 2.19. The maximum atomic E-state index is 13.5. The van der Waals surface area contributed by atoms with Gasteiger partial charge in [-0.2, -0.15) is 4.98 Å². The lowest BCUT2D eigenvalue weighted by atomic mass is 10.0. The number of benzene rings is 1. The summed E-state index contributed by atoms with van der Waals surface area (Å²) in [5, 5.41) is 3.56. The van der Waals surface area contributed by atoms with Crippen LogP contribution in [0.15, 0.2) is 29.1 Å². The molecule has 0 N–H and O–H groups in total. The zero-order valence-electron chi connectivity index (χ0n) is 9.75. The van der Waals surface area contributed by atoms with Crippen LogP contribution in [0.4, 0.5) is 8.78 Å². The molecule has 7 heteroatoms. The topological polar surface area (TPSA) is 65.2 Å². The van der Waals surface area contributed by atoms with Crippen molar-refractivity contribution < 1.29 is 22.8 Å². The molecule has 5 nitrogen and oxygen atoms in total. The van der Waals surface area contributed by atoms with Crippen molar-refractivity contribution in [3.05, 3.63) is 47.6 Å². The Hall–Kier alpha value is -2.31. The fraction of sp³-hybridized carbons (Fsp3) is 0.250. The Kier molecular flexibility index (Phi) is 4.17. The molecule has 1 heterocycles. The summed E-state index contributed by atoms with van der Waals surface area (Å²) in [4.78, 5) is 14.2. The largest absolute Gasteiger partial charge is 0.464 e. The molecule has 0 radical (unpaired) electrons. The summed E-state index contributed by atoms with van der Waals surface area (Å²) in [6.45, 7) is 0.226. The Morgan fingerprint density at radius 1 is 1.32 bits per heavy atom. The van der Waals surface area contributed by atoms with E-state index in [4.69, 9.17) is 4.74 Å². The number of carbonyl (C=O) groups excluding carboxylic acids is 1. The van der Waals surface area contributed by atoms with Crippen molar-refractivity contribution in [2.75, 3.05) is 0 Å². The monoisotopic (exact) mass is 268 g/mol. The number of hydrogen-bond donors (Lipinski definition) is 0. The molecule has 2 aromatic rings. The molecule has 100 valence electrons. The third-order valence-corrected chi connectivity index (χ3v) is 2.56. The zero-order chi connectivity index (χ0) is 13.7. The van der Waals surface area contributed by atoms with Crippen LogP contribution >= 0.6 is 0 Å². The first-order chi connectivity index (χ1) is 9.20. The van der Waals surface area contributed by atoms with Gasteiger partial charge in [-0.25, -0.2) is 8.78 Å². The van der Waals surface area contributed by atoms with E-state index < -0.39 is 17.7 Å². The molecule has 1 atom stereocenters. The fourth-order valence-electron chi connectivity index (χ4n) is 1.69. The molecule has 0 aliphatic carbocycles. The van der Waals surface area contributed by atoms with Gasteiger partial charge >= 0.3 is 0 Å². The Bertz CT molecular complexity index is 526. The molecule has 1 aromatic carbocycles. The van der Waals surface area contributed by atoms with Crippen molar-refractivity contribution in [2.45, 2.75) is 18.9 Å². The molecule has 0 aliphatic rings. The molecule has 19 heavy (non-hydrogen) atoms. The second kappa shape index (κ2) is 6.03. The van der Waals surface area contributed by atoms with E-state index in [0.29, 0.717) is 5.82 Å². The summed E-state index contributed by atoms with van der Waals surface area (Å²) in [6.07, 6.45) is 0.368. The highest BCUT2D eigenvalue weighted by Crippen LogP contribution is 2.16. The molecule has 0 bridgehead atoms. The Morgan fingerprint density at radius 3 is 2.63 bits per heavy atom. The number of aromatic nitrogens is 2. The number of halogens is 2. The highest BCUT2D eigenvalue weighted by atomic mass is 19.1. The number of carbonyl (C=O) groups is 1. The summed E-state index contributed by atoms with van der Waals surface area (Å²) < 4.78 is 36.3. The van der Waals surface area contributed by atoms with E-state index in [1.165, 1.54) is 6.07 Å². The molecule has 0 amide bonds. The predicted molar refractivity (Wildman–Crippen MR) is 59.0 cm³/mol. The van der Waals surface area contributed by atoms with Crippen LogP contribution in [0.1, 0.15) is 11.4 Å². The fourth-order valence-corrected chi connectivity index (χ4v) is 1.69. The van der Waals surface area contributed by atoms with Crippen LogP contribution in [0, 0.1) is 11.6 Å². The lowest BCUT2D eigenvalue weighted by Crippen LogP contribution is -2.20. The van der Waals surface area contributed by atoms with Crippen molar-refractivity contribution in [1.29, 1.82) is 0 Å². The number of ether oxygens (including phenoxy) is 1. The van der Waals surface area contributed by atoms with E-state index in [2.05, 4.69) is 14.7 Å². The quantitative estimate of drug-likeness (QED) is 0.746. The Labute approximate surface area is 107 Å². The lowest BCUT2D eigenvalue weighted by molar-refractivity contribution is -0.133. The van der Waals surface area contributed by atoms with Gasteiger partial charge in [0.2, 0.25) is 6.39 Å². The van der Waals surface area contributed by atoms with Gasteiger partial charge in [0.15, 0.2) is 5.82 Å². The van der Waals surface area contributed by atoms with Gasteiger partial charge < -0.3 is 9.26 Å². The molecular formula is C12H10F2N2O3. The van der Waals surface area contributed by atoms with Crippen LogP contribution < -0.4 is 0 Å². The highest BCUT2D eigenvalue weighted by molar-refractivity contribution is 5.38. The third-order valence-electron chi connectivity index (χ3n) is 2.56. The average Bonchev–Trinajstić information content (AvgIpc) is 2.87. The third kappa shape index (κ3) is 3.34. The van der Waals surface area contributed by atoms with E-state index in [9.17, 15) is 13.6 Å². The first kappa shape index (κ1) is 13.1. The zero-order valence-corrected chi connectivity index (χ0v) is 9.75. The normalized spacial score (nSPS) is 12.1. The minimum absolute atomic E-state index is 0.105. The predicted octanol–water partition coefficient (Wildman–Crippen LogP) is 1.67. The van der Waals surface area contributed by atoms with Crippen molar-refractivity contribution in [2.24, 2.45) is 0 Å². The van der Waals surface area contributed by atoms with E-state index in [0.717, 1.165) is 18.5 Å².